The third kappa shape index (κ3) is 3.83. The van der Waals surface area contributed by atoms with Crippen LogP contribution in [0, 0.1) is 0 Å². The lowest BCUT2D eigenvalue weighted by Crippen LogP contribution is -2.21. The van der Waals surface area contributed by atoms with Gasteiger partial charge < -0.3 is 5.32 Å². The van der Waals surface area contributed by atoms with Crippen LogP contribution in [0.5, 0.6) is 0 Å². The van der Waals surface area contributed by atoms with E-state index < -0.39 is 0 Å². The van der Waals surface area contributed by atoms with E-state index in [1.165, 1.54) is 16.7 Å². The highest BCUT2D eigenvalue weighted by Gasteiger charge is 2.14. The van der Waals surface area contributed by atoms with Gasteiger partial charge in [-0.1, -0.05) is 43.7 Å². The Hall–Kier alpha value is -1.35. The van der Waals surface area contributed by atoms with Gasteiger partial charge in [0.2, 0.25) is 5.91 Å². The van der Waals surface area contributed by atoms with Gasteiger partial charge in [-0.05, 0) is 51.9 Å². The van der Waals surface area contributed by atoms with E-state index in [9.17, 15) is 4.79 Å². The molecule has 1 aliphatic rings. The lowest BCUT2D eigenvalue weighted by Gasteiger charge is -2.17. The first-order chi connectivity index (χ1) is 9.72. The molecule has 1 aromatic carbocycles. The summed E-state index contributed by atoms with van der Waals surface area (Å²) >= 11 is 3.66. The Bertz CT molecular complexity index is 546. The number of benzene rings is 1. The molecule has 1 aromatic rings. The van der Waals surface area contributed by atoms with Gasteiger partial charge in [-0.15, -0.1) is 0 Å². The first-order valence-corrected chi connectivity index (χ1v) is 7.94. The van der Waals surface area contributed by atoms with E-state index in [1.54, 1.807) is 6.08 Å². The molecule has 2 nitrogen and oxygen atoms in total. The Kier molecular flexibility index (Phi) is 5.60. The monoisotopic (exact) mass is 333 g/mol. The van der Waals surface area contributed by atoms with Crippen molar-refractivity contribution in [1.29, 1.82) is 0 Å². The average molecular weight is 334 g/mol. The minimum absolute atomic E-state index is 0.00916. The Labute approximate surface area is 129 Å². The minimum atomic E-state index is -0.00916. The highest BCUT2D eigenvalue weighted by molar-refractivity contribution is 9.15. The van der Waals surface area contributed by atoms with Crippen LogP contribution in [0.15, 0.2) is 42.0 Å². The van der Waals surface area contributed by atoms with E-state index in [2.05, 4.69) is 46.4 Å². The van der Waals surface area contributed by atoms with E-state index in [-0.39, 0.29) is 5.91 Å². The summed E-state index contributed by atoms with van der Waals surface area (Å²) in [6.07, 6.45) is 7.69. The Morgan fingerprint density at radius 2 is 2.15 bits per heavy atom. The molecule has 0 fully saturated rings. The van der Waals surface area contributed by atoms with Gasteiger partial charge in [-0.25, -0.2) is 0 Å². The van der Waals surface area contributed by atoms with E-state index in [4.69, 9.17) is 0 Å². The first-order valence-electron chi connectivity index (χ1n) is 7.15. The third-order valence-electron chi connectivity index (χ3n) is 3.46. The molecule has 0 unspecified atom stereocenters. The largest absolute Gasteiger partial charge is 0.353 e. The van der Waals surface area contributed by atoms with Crippen molar-refractivity contribution in [2.75, 3.05) is 6.54 Å². The SMILES string of the molecule is CCCCNC(=O)/C=C/C1=C(Br)c2ccccc2CC1. The standard InChI is InChI=1S/C17H20BrNO/c1-2-3-12-19-16(20)11-10-14-9-8-13-6-4-5-7-15(13)17(14)18/h4-7,10-11H,2-3,8-9,12H2,1H3,(H,19,20)/b11-10+. The van der Waals surface area contributed by atoms with Gasteiger partial charge in [0.1, 0.15) is 0 Å². The number of hydrogen-bond donors (Lipinski definition) is 1. The van der Waals surface area contributed by atoms with Gasteiger partial charge in [-0.2, -0.15) is 0 Å². The topological polar surface area (TPSA) is 29.1 Å². The van der Waals surface area contributed by atoms with Gasteiger partial charge >= 0.3 is 0 Å². The van der Waals surface area contributed by atoms with Crippen molar-refractivity contribution in [1.82, 2.24) is 5.32 Å². The second-order valence-electron chi connectivity index (χ2n) is 4.97. The summed E-state index contributed by atoms with van der Waals surface area (Å²) in [5.41, 5.74) is 3.79. The summed E-state index contributed by atoms with van der Waals surface area (Å²) in [7, 11) is 0. The summed E-state index contributed by atoms with van der Waals surface area (Å²) in [5, 5.41) is 2.89. The molecule has 0 heterocycles. The molecule has 20 heavy (non-hydrogen) atoms. The number of nitrogens with one attached hydrogen (secondary N) is 1. The zero-order valence-electron chi connectivity index (χ0n) is 11.8. The Morgan fingerprint density at radius 3 is 2.95 bits per heavy atom. The quantitative estimate of drug-likeness (QED) is 0.634. The van der Waals surface area contributed by atoms with Crippen LogP contribution in [0.25, 0.3) is 4.48 Å². The van der Waals surface area contributed by atoms with Crippen LogP contribution in [-0.4, -0.2) is 12.5 Å². The Morgan fingerprint density at radius 1 is 1.35 bits per heavy atom. The first kappa shape index (κ1) is 15.0. The zero-order valence-corrected chi connectivity index (χ0v) is 13.4. The molecule has 1 aliphatic carbocycles. The van der Waals surface area contributed by atoms with Crippen LogP contribution in [0.4, 0.5) is 0 Å². The fraction of sp³-hybridized carbons (Fsp3) is 0.353. The maximum Gasteiger partial charge on any atom is 0.243 e. The van der Waals surface area contributed by atoms with E-state index in [0.717, 1.165) is 36.7 Å². The number of aryl methyl sites for hydroxylation is 1. The Balaban J connectivity index is 2.05. The van der Waals surface area contributed by atoms with Crippen molar-refractivity contribution in [2.45, 2.75) is 32.6 Å². The maximum absolute atomic E-state index is 11.7. The highest BCUT2D eigenvalue weighted by atomic mass is 79.9. The summed E-state index contributed by atoms with van der Waals surface area (Å²) in [6.45, 7) is 2.87. The lowest BCUT2D eigenvalue weighted by molar-refractivity contribution is -0.116. The van der Waals surface area contributed by atoms with Crippen LogP contribution in [0.1, 0.15) is 37.3 Å². The molecule has 0 atom stereocenters. The number of halogens is 1. The number of allylic oxidation sites excluding steroid dienone is 2. The molecule has 1 amide bonds. The molecule has 2 rings (SSSR count). The molecular formula is C17H20BrNO. The number of rotatable bonds is 5. The highest BCUT2D eigenvalue weighted by Crippen LogP contribution is 2.35. The van der Waals surface area contributed by atoms with E-state index >= 15 is 0 Å². The molecule has 0 saturated heterocycles. The maximum atomic E-state index is 11.7. The van der Waals surface area contributed by atoms with Crippen molar-refractivity contribution < 1.29 is 4.79 Å². The normalized spacial score (nSPS) is 14.5. The fourth-order valence-electron chi connectivity index (χ4n) is 2.28. The molecule has 1 N–H and O–H groups in total. The van der Waals surface area contributed by atoms with Gasteiger partial charge in [0.05, 0.1) is 0 Å². The van der Waals surface area contributed by atoms with Crippen LogP contribution in [-0.2, 0) is 11.2 Å². The molecule has 0 aromatic heterocycles. The molecule has 106 valence electrons. The number of fused-ring (bicyclic) bond motifs is 1. The number of unbranched alkanes of at least 4 members (excludes halogenated alkanes) is 1. The summed E-state index contributed by atoms with van der Waals surface area (Å²) in [6, 6.07) is 8.40. The molecule has 0 saturated carbocycles. The van der Waals surface area contributed by atoms with E-state index in [0.29, 0.717) is 0 Å². The van der Waals surface area contributed by atoms with Crippen LogP contribution >= 0.6 is 15.9 Å². The lowest BCUT2D eigenvalue weighted by atomic mass is 9.92. The molecule has 0 spiro atoms. The van der Waals surface area contributed by atoms with Gasteiger partial charge in [0.25, 0.3) is 0 Å². The molecule has 0 aliphatic heterocycles. The molecule has 0 bridgehead atoms. The number of carbonyl (C=O) groups is 1. The van der Waals surface area contributed by atoms with E-state index in [1.807, 2.05) is 12.1 Å². The molecule has 0 radical (unpaired) electrons. The van der Waals surface area contributed by atoms with Crippen LogP contribution in [0.2, 0.25) is 0 Å². The van der Waals surface area contributed by atoms with Gasteiger partial charge in [0, 0.05) is 17.1 Å². The van der Waals surface area contributed by atoms with Crippen LogP contribution in [0.3, 0.4) is 0 Å². The van der Waals surface area contributed by atoms with Gasteiger partial charge in [0.15, 0.2) is 0 Å². The van der Waals surface area contributed by atoms with Crippen molar-refractivity contribution in [3.8, 4) is 0 Å². The number of carbonyl (C=O) groups excluding carboxylic acids is 1. The second kappa shape index (κ2) is 7.44. The van der Waals surface area contributed by atoms with Crippen molar-refractivity contribution in [3.05, 3.63) is 53.1 Å². The number of hydrogen-bond acceptors (Lipinski definition) is 1. The van der Waals surface area contributed by atoms with Crippen molar-refractivity contribution in [2.24, 2.45) is 0 Å². The molecular weight excluding hydrogens is 314 g/mol. The van der Waals surface area contributed by atoms with Gasteiger partial charge in [-0.3, -0.25) is 4.79 Å². The summed E-state index contributed by atoms with van der Waals surface area (Å²) in [4.78, 5) is 11.7. The van der Waals surface area contributed by atoms with Crippen LogP contribution < -0.4 is 5.32 Å². The zero-order chi connectivity index (χ0) is 14.4. The fourth-order valence-corrected chi connectivity index (χ4v) is 3.00. The predicted molar refractivity (Wildman–Crippen MR) is 87.7 cm³/mol. The second-order valence-corrected chi connectivity index (χ2v) is 5.77. The van der Waals surface area contributed by atoms with Crippen molar-refractivity contribution in [3.63, 3.8) is 0 Å². The smallest absolute Gasteiger partial charge is 0.243 e. The molecule has 3 heteroatoms. The summed E-state index contributed by atoms with van der Waals surface area (Å²) in [5.74, 6) is -0.00916. The number of amides is 1. The third-order valence-corrected chi connectivity index (χ3v) is 4.40. The summed E-state index contributed by atoms with van der Waals surface area (Å²) < 4.78 is 1.11. The van der Waals surface area contributed by atoms with Crippen molar-refractivity contribution >= 4 is 26.3 Å². The minimum Gasteiger partial charge on any atom is -0.353 e. The average Bonchev–Trinajstić information content (AvgIpc) is 2.47. The predicted octanol–water partition coefficient (Wildman–Crippen LogP) is 4.21.